The van der Waals surface area contributed by atoms with Crippen molar-refractivity contribution in [2.45, 2.75) is 118 Å². The van der Waals surface area contributed by atoms with Gasteiger partial charge in [0.15, 0.2) is 0 Å². The second kappa shape index (κ2) is 8.87. The summed E-state index contributed by atoms with van der Waals surface area (Å²) in [6.07, 6.45) is 9.31. The average Bonchev–Trinajstić information content (AvgIpc) is 3.06. The topological polar surface area (TPSA) is 69.6 Å². The Balaban J connectivity index is 1.66. The van der Waals surface area contributed by atoms with E-state index in [2.05, 4.69) is 46.9 Å². The number of hydrogen-bond donors (Lipinski definition) is 3. The molecular formula is C28H49NO3. The standard InChI is InChI=1S/C28H49NO3/c1-16(2)29-23-14-19-13-17(3)11-12-27(19,5)22-15-24(30)28(6)20(8-9-21(28)26(22)23)18(4)7-10-25(31)32/h16-24,26,29-30H,7-15H2,1-6H3,(H,31,32)/t17?,18-,19+,20-,21+,22+,23?,24?,26+,27+,28-/m0/s1. The highest BCUT2D eigenvalue weighted by molar-refractivity contribution is 5.66. The number of aliphatic carboxylic acids is 1. The summed E-state index contributed by atoms with van der Waals surface area (Å²) >= 11 is 0. The zero-order valence-electron chi connectivity index (χ0n) is 21.4. The first-order chi connectivity index (χ1) is 15.0. The van der Waals surface area contributed by atoms with Crippen LogP contribution in [-0.4, -0.2) is 34.4 Å². The molecule has 4 nitrogen and oxygen atoms in total. The van der Waals surface area contributed by atoms with E-state index < -0.39 is 5.97 Å². The summed E-state index contributed by atoms with van der Waals surface area (Å²) in [6.45, 7) is 14.2. The Bertz CT molecular complexity index is 694. The predicted octanol–water partition coefficient (Wildman–Crippen LogP) is 5.73. The lowest BCUT2D eigenvalue weighted by Gasteiger charge is -2.65. The Morgan fingerprint density at radius 2 is 1.78 bits per heavy atom. The van der Waals surface area contributed by atoms with E-state index in [4.69, 9.17) is 0 Å². The highest BCUT2D eigenvalue weighted by atomic mass is 16.4. The van der Waals surface area contributed by atoms with E-state index in [1.54, 1.807) is 0 Å². The van der Waals surface area contributed by atoms with E-state index in [1.165, 1.54) is 32.1 Å². The van der Waals surface area contributed by atoms with Crippen LogP contribution in [0.15, 0.2) is 0 Å². The molecule has 0 radical (unpaired) electrons. The van der Waals surface area contributed by atoms with Crippen LogP contribution in [0.25, 0.3) is 0 Å². The number of carboxylic acid groups (broad SMARTS) is 1. The van der Waals surface area contributed by atoms with Crippen LogP contribution in [0.3, 0.4) is 0 Å². The number of hydrogen-bond acceptors (Lipinski definition) is 3. The molecule has 0 saturated heterocycles. The van der Waals surface area contributed by atoms with Crippen LogP contribution in [0.1, 0.15) is 99.3 Å². The maximum atomic E-state index is 11.8. The highest BCUT2D eigenvalue weighted by Gasteiger charge is 2.65. The molecule has 4 rings (SSSR count). The molecule has 184 valence electrons. The van der Waals surface area contributed by atoms with Gasteiger partial charge in [-0.2, -0.15) is 0 Å². The molecule has 11 atom stereocenters. The van der Waals surface area contributed by atoms with E-state index in [1.807, 2.05) is 0 Å². The van der Waals surface area contributed by atoms with Crippen molar-refractivity contribution in [1.29, 1.82) is 0 Å². The number of carboxylic acids is 1. The summed E-state index contributed by atoms with van der Waals surface area (Å²) in [7, 11) is 0. The van der Waals surface area contributed by atoms with Gasteiger partial charge in [-0.1, -0.05) is 48.0 Å². The van der Waals surface area contributed by atoms with Crippen LogP contribution in [-0.2, 0) is 4.79 Å². The lowest BCUT2D eigenvalue weighted by molar-refractivity contribution is -0.180. The lowest BCUT2D eigenvalue weighted by Crippen LogP contribution is -2.64. The SMILES string of the molecule is CC1CC[C@]2(C)[C@H](C1)CC(NC(C)C)[C@H]1[C@H]2CC(O)[C@]2(C)[C@@H]1CC[C@H]2[C@@H](C)CCC(=O)O. The fourth-order valence-corrected chi connectivity index (χ4v) is 9.57. The molecule has 4 fully saturated rings. The Hall–Kier alpha value is -0.610. The summed E-state index contributed by atoms with van der Waals surface area (Å²) in [4.78, 5) is 11.2. The minimum Gasteiger partial charge on any atom is -0.481 e. The first-order valence-corrected chi connectivity index (χ1v) is 13.6. The summed E-state index contributed by atoms with van der Waals surface area (Å²) in [5, 5.41) is 25.0. The molecule has 0 amide bonds. The molecule has 0 spiro atoms. The van der Waals surface area contributed by atoms with Crippen molar-refractivity contribution in [2.24, 2.45) is 52.3 Å². The molecule has 0 aromatic rings. The zero-order valence-corrected chi connectivity index (χ0v) is 21.4. The fourth-order valence-electron chi connectivity index (χ4n) is 9.57. The van der Waals surface area contributed by atoms with Crippen molar-refractivity contribution in [3.05, 3.63) is 0 Å². The van der Waals surface area contributed by atoms with Crippen LogP contribution in [0.4, 0.5) is 0 Å². The molecule has 3 N–H and O–H groups in total. The fraction of sp³-hybridized carbons (Fsp3) is 0.964. The van der Waals surface area contributed by atoms with Crippen LogP contribution in [0.2, 0.25) is 0 Å². The van der Waals surface area contributed by atoms with E-state index in [9.17, 15) is 15.0 Å². The molecule has 32 heavy (non-hydrogen) atoms. The molecule has 3 unspecified atom stereocenters. The van der Waals surface area contributed by atoms with Crippen LogP contribution >= 0.6 is 0 Å². The van der Waals surface area contributed by atoms with Gasteiger partial charge in [-0.05, 0) is 97.2 Å². The summed E-state index contributed by atoms with van der Waals surface area (Å²) in [5.41, 5.74) is 0.281. The molecule has 4 heteroatoms. The number of rotatable bonds is 6. The van der Waals surface area contributed by atoms with Gasteiger partial charge >= 0.3 is 5.97 Å². The third-order valence-corrected chi connectivity index (χ3v) is 11.2. The molecule has 0 aromatic heterocycles. The monoisotopic (exact) mass is 447 g/mol. The predicted molar refractivity (Wildman–Crippen MR) is 129 cm³/mol. The van der Waals surface area contributed by atoms with E-state index >= 15 is 0 Å². The third kappa shape index (κ3) is 3.96. The largest absolute Gasteiger partial charge is 0.481 e. The van der Waals surface area contributed by atoms with Gasteiger partial charge in [0.05, 0.1) is 6.10 Å². The first-order valence-electron chi connectivity index (χ1n) is 13.6. The number of carbonyl (C=O) groups is 1. The average molecular weight is 448 g/mol. The van der Waals surface area contributed by atoms with Crippen LogP contribution < -0.4 is 5.32 Å². The summed E-state index contributed by atoms with van der Waals surface area (Å²) < 4.78 is 0. The van der Waals surface area contributed by atoms with Crippen molar-refractivity contribution in [3.8, 4) is 0 Å². The van der Waals surface area contributed by atoms with Crippen molar-refractivity contribution < 1.29 is 15.0 Å². The molecule has 4 saturated carbocycles. The molecule has 0 heterocycles. The van der Waals surface area contributed by atoms with Gasteiger partial charge in [-0.3, -0.25) is 4.79 Å². The summed E-state index contributed by atoms with van der Waals surface area (Å²) in [5.74, 6) is 3.47. The van der Waals surface area contributed by atoms with Gasteiger partial charge in [-0.25, -0.2) is 0 Å². The Kier molecular flexibility index (Phi) is 6.80. The first kappa shape index (κ1) is 24.5. The molecule has 0 aliphatic heterocycles. The van der Waals surface area contributed by atoms with Gasteiger partial charge < -0.3 is 15.5 Å². The van der Waals surface area contributed by atoms with Gasteiger partial charge in [0.1, 0.15) is 0 Å². The second-order valence-electron chi connectivity index (χ2n) is 13.2. The molecule has 4 aliphatic rings. The minimum atomic E-state index is -0.695. The van der Waals surface area contributed by atoms with Crippen molar-refractivity contribution >= 4 is 5.97 Å². The Morgan fingerprint density at radius 1 is 1.06 bits per heavy atom. The van der Waals surface area contributed by atoms with Gasteiger partial charge in [0.2, 0.25) is 0 Å². The lowest BCUT2D eigenvalue weighted by atomic mass is 9.42. The normalized spacial score (nSPS) is 49.2. The Morgan fingerprint density at radius 3 is 2.44 bits per heavy atom. The minimum absolute atomic E-state index is 0.0822. The van der Waals surface area contributed by atoms with Crippen LogP contribution in [0, 0.1) is 52.3 Å². The number of aliphatic hydroxyl groups is 1. The molecule has 4 aliphatic carbocycles. The summed E-state index contributed by atoms with van der Waals surface area (Å²) in [6, 6.07) is 1.03. The maximum Gasteiger partial charge on any atom is 0.303 e. The van der Waals surface area contributed by atoms with Crippen molar-refractivity contribution in [3.63, 3.8) is 0 Å². The van der Waals surface area contributed by atoms with E-state index in [0.717, 1.165) is 31.1 Å². The third-order valence-electron chi connectivity index (χ3n) is 11.2. The van der Waals surface area contributed by atoms with Gasteiger partial charge in [0.25, 0.3) is 0 Å². The number of fused-ring (bicyclic) bond motifs is 5. The van der Waals surface area contributed by atoms with E-state index in [0.29, 0.717) is 47.1 Å². The van der Waals surface area contributed by atoms with Gasteiger partial charge in [-0.15, -0.1) is 0 Å². The number of nitrogens with one attached hydrogen (secondary N) is 1. The highest BCUT2D eigenvalue weighted by Crippen LogP contribution is 2.68. The van der Waals surface area contributed by atoms with Crippen molar-refractivity contribution in [2.75, 3.05) is 0 Å². The Labute approximate surface area is 196 Å². The van der Waals surface area contributed by atoms with Crippen LogP contribution in [0.5, 0.6) is 0 Å². The quantitative estimate of drug-likeness (QED) is 0.486. The zero-order chi connectivity index (χ0) is 23.4. The molecule has 0 aromatic carbocycles. The second-order valence-corrected chi connectivity index (χ2v) is 13.2. The maximum absolute atomic E-state index is 11.8. The molecule has 0 bridgehead atoms. The van der Waals surface area contributed by atoms with E-state index in [-0.39, 0.29) is 17.9 Å². The van der Waals surface area contributed by atoms with Crippen molar-refractivity contribution in [1.82, 2.24) is 5.32 Å². The van der Waals surface area contributed by atoms with Gasteiger partial charge in [0, 0.05) is 18.5 Å². The number of aliphatic hydroxyl groups excluding tert-OH is 1. The molecular weight excluding hydrogens is 398 g/mol. The smallest absolute Gasteiger partial charge is 0.303 e.